The Hall–Kier alpha value is -0.940. The van der Waals surface area contributed by atoms with Crippen LogP contribution in [0.25, 0.3) is 0 Å². The predicted molar refractivity (Wildman–Crippen MR) is 21.8 cm³/mol. The van der Waals surface area contributed by atoms with Gasteiger partial charge in [0.1, 0.15) is 6.42 Å². The van der Waals surface area contributed by atoms with E-state index in [0.717, 1.165) is 0 Å². The third-order valence-corrected chi connectivity index (χ3v) is 0.616. The number of alkyl halides is 3. The van der Waals surface area contributed by atoms with Crippen LogP contribution in [0.4, 0.5) is 17.6 Å². The van der Waals surface area contributed by atoms with Crippen LogP contribution in [0, 0.1) is 0 Å². The topological polar surface area (TPSA) is 34.1 Å². The average Bonchev–Trinajstić information content (AvgIpc) is 1.60. The highest BCUT2D eigenvalue weighted by Crippen LogP contribution is 2.17. The molecule has 0 spiro atoms. The fourth-order valence-corrected chi connectivity index (χ4v) is 0.226. The largest absolute Gasteiger partial charge is 0.450 e. The molecule has 58 valence electrons. The summed E-state index contributed by atoms with van der Waals surface area (Å²) in [6, 6.07) is -2.28. The van der Waals surface area contributed by atoms with Gasteiger partial charge in [0.15, 0.2) is 0 Å². The average molecular weight is 158 g/mol. The molecule has 0 saturated heterocycles. The Balaban J connectivity index is 3.99. The van der Waals surface area contributed by atoms with Crippen LogP contribution in [-0.2, 0) is 9.59 Å². The standard InChI is InChI=1S/C4H2F4O2/c5-3(10)1-2(9)4(6,7)8/h1H2. The maximum absolute atomic E-state index is 11.1. The van der Waals surface area contributed by atoms with E-state index in [-0.39, 0.29) is 0 Å². The minimum Gasteiger partial charge on any atom is -0.289 e. The van der Waals surface area contributed by atoms with Crippen molar-refractivity contribution in [2.45, 2.75) is 12.6 Å². The van der Waals surface area contributed by atoms with Gasteiger partial charge < -0.3 is 0 Å². The quantitative estimate of drug-likeness (QED) is 0.341. The van der Waals surface area contributed by atoms with Gasteiger partial charge in [-0.1, -0.05) is 0 Å². The van der Waals surface area contributed by atoms with Crippen molar-refractivity contribution >= 4 is 11.8 Å². The molecule has 0 heterocycles. The van der Waals surface area contributed by atoms with Gasteiger partial charge in [0.05, 0.1) is 0 Å². The van der Waals surface area contributed by atoms with Gasteiger partial charge in [0.2, 0.25) is 5.78 Å². The minimum absolute atomic E-state index is 1.72. The van der Waals surface area contributed by atoms with E-state index in [9.17, 15) is 27.2 Å². The Labute approximate surface area is 52.8 Å². The fraction of sp³-hybridized carbons (Fsp3) is 0.500. The highest BCUT2D eigenvalue weighted by Gasteiger charge is 2.39. The van der Waals surface area contributed by atoms with Gasteiger partial charge in [-0.2, -0.15) is 17.6 Å². The van der Waals surface area contributed by atoms with Gasteiger partial charge in [-0.05, 0) is 0 Å². The molecule has 0 aliphatic carbocycles. The van der Waals surface area contributed by atoms with E-state index in [4.69, 9.17) is 0 Å². The van der Waals surface area contributed by atoms with Crippen molar-refractivity contribution in [1.82, 2.24) is 0 Å². The molecule has 0 aromatic carbocycles. The van der Waals surface area contributed by atoms with E-state index >= 15 is 0 Å². The molecule has 0 unspecified atom stereocenters. The van der Waals surface area contributed by atoms with Crippen LogP contribution in [0.15, 0.2) is 0 Å². The van der Waals surface area contributed by atoms with Crippen LogP contribution in [0.2, 0.25) is 0 Å². The lowest BCUT2D eigenvalue weighted by molar-refractivity contribution is -0.172. The molecule has 0 radical (unpaired) electrons. The van der Waals surface area contributed by atoms with Gasteiger partial charge in [-0.15, -0.1) is 0 Å². The number of carbonyl (C=O) groups excluding carboxylic acids is 2. The third kappa shape index (κ3) is 3.16. The molecular formula is C4H2F4O2. The van der Waals surface area contributed by atoms with Gasteiger partial charge in [0.25, 0.3) is 0 Å². The first-order valence-electron chi connectivity index (χ1n) is 2.12. The molecule has 0 fully saturated rings. The van der Waals surface area contributed by atoms with Crippen LogP contribution in [-0.4, -0.2) is 18.0 Å². The molecule has 0 atom stereocenters. The molecule has 0 aromatic heterocycles. The number of Topliss-reactive ketones (excluding diaryl/α,β-unsaturated/α-hetero) is 1. The smallest absolute Gasteiger partial charge is 0.289 e. The Kier molecular flexibility index (Phi) is 2.50. The van der Waals surface area contributed by atoms with Crippen molar-refractivity contribution in [3.8, 4) is 0 Å². The molecule has 0 amide bonds. The Morgan fingerprint density at radius 3 is 1.70 bits per heavy atom. The highest BCUT2D eigenvalue weighted by molar-refractivity contribution is 5.98. The fourth-order valence-electron chi connectivity index (χ4n) is 0.226. The summed E-state index contributed by atoms with van der Waals surface area (Å²) in [5.74, 6) is -2.36. The van der Waals surface area contributed by atoms with Crippen LogP contribution in [0.5, 0.6) is 0 Å². The molecule has 0 saturated carbocycles. The number of hydrogen-bond donors (Lipinski definition) is 0. The second-order valence-corrected chi connectivity index (χ2v) is 1.45. The van der Waals surface area contributed by atoms with Gasteiger partial charge in [0, 0.05) is 0 Å². The van der Waals surface area contributed by atoms with Gasteiger partial charge in [-0.3, -0.25) is 9.59 Å². The van der Waals surface area contributed by atoms with Gasteiger partial charge in [-0.25, -0.2) is 0 Å². The maximum Gasteiger partial charge on any atom is 0.450 e. The summed E-state index contributed by atoms with van der Waals surface area (Å²) in [5.41, 5.74) is 0. The number of rotatable bonds is 2. The lowest BCUT2D eigenvalue weighted by atomic mass is 10.3. The second kappa shape index (κ2) is 2.76. The zero-order valence-corrected chi connectivity index (χ0v) is 4.54. The van der Waals surface area contributed by atoms with E-state index in [0.29, 0.717) is 0 Å². The summed E-state index contributed by atoms with van der Waals surface area (Å²) < 4.78 is 44.5. The first kappa shape index (κ1) is 9.06. The van der Waals surface area contributed by atoms with Gasteiger partial charge >= 0.3 is 12.2 Å². The van der Waals surface area contributed by atoms with Crippen LogP contribution < -0.4 is 0 Å². The second-order valence-electron chi connectivity index (χ2n) is 1.45. The van der Waals surface area contributed by atoms with Crippen molar-refractivity contribution in [2.75, 3.05) is 0 Å². The third-order valence-electron chi connectivity index (χ3n) is 0.616. The Morgan fingerprint density at radius 2 is 1.60 bits per heavy atom. The zero-order chi connectivity index (χ0) is 8.36. The molecule has 10 heavy (non-hydrogen) atoms. The Bertz CT molecular complexity index is 159. The Morgan fingerprint density at radius 1 is 1.20 bits per heavy atom. The molecule has 6 heteroatoms. The van der Waals surface area contributed by atoms with Crippen molar-refractivity contribution < 1.29 is 27.2 Å². The van der Waals surface area contributed by atoms with Crippen molar-refractivity contribution in [3.05, 3.63) is 0 Å². The molecule has 0 aliphatic heterocycles. The number of carbonyl (C=O) groups is 2. The highest BCUT2D eigenvalue weighted by atomic mass is 19.4. The summed E-state index contributed by atoms with van der Waals surface area (Å²) in [7, 11) is 0. The summed E-state index contributed by atoms with van der Waals surface area (Å²) in [6.45, 7) is 0. The van der Waals surface area contributed by atoms with Crippen LogP contribution >= 0.6 is 0 Å². The van der Waals surface area contributed by atoms with Crippen molar-refractivity contribution in [2.24, 2.45) is 0 Å². The summed E-state index contributed by atoms with van der Waals surface area (Å²) in [4.78, 5) is 19.0. The summed E-state index contributed by atoms with van der Waals surface area (Å²) >= 11 is 0. The van der Waals surface area contributed by atoms with Crippen LogP contribution in [0.3, 0.4) is 0 Å². The molecule has 0 bridgehead atoms. The first-order valence-corrected chi connectivity index (χ1v) is 2.12. The minimum atomic E-state index is -5.11. The zero-order valence-electron chi connectivity index (χ0n) is 4.54. The normalized spacial score (nSPS) is 11.2. The van der Waals surface area contributed by atoms with E-state index < -0.39 is 24.4 Å². The number of hydrogen-bond acceptors (Lipinski definition) is 2. The van der Waals surface area contributed by atoms with Crippen molar-refractivity contribution in [3.63, 3.8) is 0 Å². The lowest BCUT2D eigenvalue weighted by Gasteiger charge is -1.99. The number of halogens is 4. The van der Waals surface area contributed by atoms with E-state index in [2.05, 4.69) is 0 Å². The predicted octanol–water partition coefficient (Wildman–Crippen LogP) is 1.00. The van der Waals surface area contributed by atoms with E-state index in [1.54, 1.807) is 0 Å². The van der Waals surface area contributed by atoms with E-state index in [1.807, 2.05) is 0 Å². The SMILES string of the molecule is O=C(F)CC(=O)C(F)(F)F. The molecule has 0 aromatic rings. The molecule has 0 rings (SSSR count). The molecular weight excluding hydrogens is 156 g/mol. The maximum atomic E-state index is 11.1. The first-order chi connectivity index (χ1) is 4.34. The summed E-state index contributed by atoms with van der Waals surface area (Å²) in [6.07, 6.45) is -6.83. The monoisotopic (exact) mass is 158 g/mol. The van der Waals surface area contributed by atoms with Crippen molar-refractivity contribution in [1.29, 1.82) is 0 Å². The molecule has 2 nitrogen and oxygen atoms in total. The van der Waals surface area contributed by atoms with Crippen LogP contribution in [0.1, 0.15) is 6.42 Å². The molecule has 0 aliphatic rings. The lowest BCUT2D eigenvalue weighted by Crippen LogP contribution is -2.24. The molecule has 0 N–H and O–H groups in total. The number of ketones is 1. The summed E-state index contributed by atoms with van der Waals surface area (Å²) in [5, 5.41) is 0. The van der Waals surface area contributed by atoms with E-state index in [1.165, 1.54) is 0 Å².